The number of rotatable bonds is 5. The summed E-state index contributed by atoms with van der Waals surface area (Å²) in [6.07, 6.45) is 6.26. The van der Waals surface area contributed by atoms with Gasteiger partial charge in [0.25, 0.3) is 0 Å². The molecule has 2 fully saturated rings. The van der Waals surface area contributed by atoms with Crippen molar-refractivity contribution < 1.29 is 14.6 Å². The number of carbonyl (C=O) groups is 1. The lowest BCUT2D eigenvalue weighted by atomic mass is 9.89. The number of nitrogens with zero attached hydrogens (tertiary/aromatic N) is 1. The summed E-state index contributed by atoms with van der Waals surface area (Å²) in [5.74, 6) is 0.862. The number of hydrogen-bond acceptors (Lipinski definition) is 3. The molecule has 0 radical (unpaired) electrons. The number of hydrogen-bond donors (Lipinski definition) is 1. The van der Waals surface area contributed by atoms with E-state index in [1.807, 2.05) is 18.7 Å². The number of carbonyl (C=O) groups excluding carboxylic acids is 1. The van der Waals surface area contributed by atoms with Crippen LogP contribution in [0.25, 0.3) is 0 Å². The largest absolute Gasteiger partial charge is 0.444 e. The lowest BCUT2D eigenvalue weighted by Gasteiger charge is -2.25. The van der Waals surface area contributed by atoms with Crippen molar-refractivity contribution >= 4 is 6.09 Å². The van der Waals surface area contributed by atoms with E-state index in [4.69, 9.17) is 4.74 Å². The van der Waals surface area contributed by atoms with E-state index in [0.717, 1.165) is 6.54 Å². The Morgan fingerprint density at radius 2 is 2.00 bits per heavy atom. The van der Waals surface area contributed by atoms with E-state index in [2.05, 4.69) is 0 Å². The first kappa shape index (κ1) is 14.6. The van der Waals surface area contributed by atoms with Gasteiger partial charge < -0.3 is 14.7 Å². The molecule has 1 N–H and O–H groups in total. The standard InChI is InChI=1S/C15H27NO3/c1-11(2)14(17)8-13-10-16(15(18)19-13)9-12-6-4-3-5-7-12/h11-14,17H,3-10H2,1-2H3. The van der Waals surface area contributed by atoms with Gasteiger partial charge in [-0.3, -0.25) is 0 Å². The van der Waals surface area contributed by atoms with E-state index < -0.39 is 0 Å². The average Bonchev–Trinajstić information content (AvgIpc) is 2.71. The summed E-state index contributed by atoms with van der Waals surface area (Å²) in [7, 11) is 0. The Labute approximate surface area is 116 Å². The predicted octanol–water partition coefficient (Wildman–Crippen LogP) is 2.79. The number of amides is 1. The fraction of sp³-hybridized carbons (Fsp3) is 0.933. The van der Waals surface area contributed by atoms with Crippen LogP contribution < -0.4 is 0 Å². The highest BCUT2D eigenvalue weighted by Gasteiger charge is 2.34. The summed E-state index contributed by atoms with van der Waals surface area (Å²) in [6.45, 7) is 5.47. The van der Waals surface area contributed by atoms with Crippen LogP contribution in [0.1, 0.15) is 52.4 Å². The number of ether oxygens (including phenoxy) is 1. The van der Waals surface area contributed by atoms with Crippen molar-refractivity contribution in [2.75, 3.05) is 13.1 Å². The maximum absolute atomic E-state index is 11.8. The Balaban J connectivity index is 1.78. The molecule has 19 heavy (non-hydrogen) atoms. The van der Waals surface area contributed by atoms with Gasteiger partial charge in [0, 0.05) is 13.0 Å². The van der Waals surface area contributed by atoms with E-state index in [9.17, 15) is 9.90 Å². The molecule has 0 aromatic rings. The minimum atomic E-state index is -0.382. The molecule has 2 aliphatic rings. The van der Waals surface area contributed by atoms with Crippen LogP contribution in [0.3, 0.4) is 0 Å². The normalized spacial score (nSPS) is 26.8. The van der Waals surface area contributed by atoms with Crippen LogP contribution in [0.2, 0.25) is 0 Å². The molecule has 2 atom stereocenters. The van der Waals surface area contributed by atoms with E-state index in [1.54, 1.807) is 0 Å². The molecule has 1 heterocycles. The maximum atomic E-state index is 11.8. The molecule has 1 aliphatic carbocycles. The molecule has 2 rings (SSSR count). The molecule has 0 aromatic carbocycles. The van der Waals surface area contributed by atoms with Crippen LogP contribution in [0.5, 0.6) is 0 Å². The zero-order valence-electron chi connectivity index (χ0n) is 12.2. The minimum absolute atomic E-state index is 0.131. The molecule has 4 nitrogen and oxygen atoms in total. The molecule has 0 spiro atoms. The second-order valence-corrected chi connectivity index (χ2v) is 6.46. The third-order valence-electron chi connectivity index (χ3n) is 4.43. The Morgan fingerprint density at radius 1 is 1.32 bits per heavy atom. The van der Waals surface area contributed by atoms with Crippen LogP contribution in [-0.2, 0) is 4.74 Å². The van der Waals surface area contributed by atoms with E-state index in [0.29, 0.717) is 18.9 Å². The summed E-state index contributed by atoms with van der Waals surface area (Å²) < 4.78 is 5.36. The molecular formula is C15H27NO3. The van der Waals surface area contributed by atoms with Crippen molar-refractivity contribution in [3.63, 3.8) is 0 Å². The van der Waals surface area contributed by atoms with Gasteiger partial charge >= 0.3 is 6.09 Å². The molecule has 0 aromatic heterocycles. The molecular weight excluding hydrogens is 242 g/mol. The molecule has 110 valence electrons. The van der Waals surface area contributed by atoms with Crippen molar-refractivity contribution in [1.29, 1.82) is 0 Å². The maximum Gasteiger partial charge on any atom is 0.410 e. The lowest BCUT2D eigenvalue weighted by molar-refractivity contribution is 0.0598. The SMILES string of the molecule is CC(C)C(O)CC1CN(CC2CCCCC2)C(=O)O1. The summed E-state index contributed by atoms with van der Waals surface area (Å²) in [4.78, 5) is 13.7. The monoisotopic (exact) mass is 269 g/mol. The highest BCUT2D eigenvalue weighted by molar-refractivity contribution is 5.69. The summed E-state index contributed by atoms with van der Waals surface area (Å²) >= 11 is 0. The summed E-state index contributed by atoms with van der Waals surface area (Å²) in [5, 5.41) is 9.87. The third-order valence-corrected chi connectivity index (χ3v) is 4.43. The summed E-state index contributed by atoms with van der Waals surface area (Å²) in [5.41, 5.74) is 0. The van der Waals surface area contributed by atoms with Crippen LogP contribution in [0.4, 0.5) is 4.79 Å². The average molecular weight is 269 g/mol. The molecule has 1 amide bonds. The first-order chi connectivity index (χ1) is 9.06. The zero-order valence-corrected chi connectivity index (χ0v) is 12.2. The van der Waals surface area contributed by atoms with Gasteiger partial charge in [0.2, 0.25) is 0 Å². The lowest BCUT2D eigenvalue weighted by Crippen LogP contribution is -2.32. The third kappa shape index (κ3) is 4.10. The summed E-state index contributed by atoms with van der Waals surface area (Å²) in [6, 6.07) is 0. The van der Waals surface area contributed by atoms with E-state index in [-0.39, 0.29) is 24.2 Å². The van der Waals surface area contributed by atoms with E-state index >= 15 is 0 Å². The van der Waals surface area contributed by atoms with Crippen LogP contribution in [-0.4, -0.2) is 41.4 Å². The van der Waals surface area contributed by atoms with Crippen molar-refractivity contribution in [3.8, 4) is 0 Å². The second kappa shape index (κ2) is 6.60. The quantitative estimate of drug-likeness (QED) is 0.835. The fourth-order valence-corrected chi connectivity index (χ4v) is 3.07. The fourth-order valence-electron chi connectivity index (χ4n) is 3.07. The van der Waals surface area contributed by atoms with Crippen molar-refractivity contribution in [3.05, 3.63) is 0 Å². The number of cyclic esters (lactones) is 1. The molecule has 1 saturated carbocycles. The minimum Gasteiger partial charge on any atom is -0.444 e. The molecule has 0 bridgehead atoms. The molecule has 1 aliphatic heterocycles. The zero-order chi connectivity index (χ0) is 13.8. The van der Waals surface area contributed by atoms with Crippen molar-refractivity contribution in [1.82, 2.24) is 4.90 Å². The van der Waals surface area contributed by atoms with Gasteiger partial charge in [0.05, 0.1) is 12.6 Å². The smallest absolute Gasteiger partial charge is 0.410 e. The van der Waals surface area contributed by atoms with Crippen LogP contribution in [0.15, 0.2) is 0 Å². The van der Waals surface area contributed by atoms with Gasteiger partial charge in [-0.25, -0.2) is 4.79 Å². The topological polar surface area (TPSA) is 49.8 Å². The van der Waals surface area contributed by atoms with Gasteiger partial charge in [0.15, 0.2) is 0 Å². The first-order valence-corrected chi connectivity index (χ1v) is 7.70. The predicted molar refractivity (Wildman–Crippen MR) is 73.9 cm³/mol. The Hall–Kier alpha value is -0.770. The Bertz CT molecular complexity index is 300. The van der Waals surface area contributed by atoms with Gasteiger partial charge in [-0.1, -0.05) is 33.1 Å². The highest BCUT2D eigenvalue weighted by Crippen LogP contribution is 2.27. The number of aliphatic hydroxyl groups excluding tert-OH is 1. The molecule has 4 heteroatoms. The highest BCUT2D eigenvalue weighted by atomic mass is 16.6. The number of aliphatic hydroxyl groups is 1. The van der Waals surface area contributed by atoms with Gasteiger partial charge in [-0.2, -0.15) is 0 Å². The Kier molecular flexibility index (Phi) is 5.08. The molecule has 2 unspecified atom stereocenters. The van der Waals surface area contributed by atoms with E-state index in [1.165, 1.54) is 32.1 Å². The van der Waals surface area contributed by atoms with Gasteiger partial charge in [-0.15, -0.1) is 0 Å². The molecule has 1 saturated heterocycles. The van der Waals surface area contributed by atoms with Crippen molar-refractivity contribution in [2.45, 2.75) is 64.6 Å². The van der Waals surface area contributed by atoms with Gasteiger partial charge in [-0.05, 0) is 24.7 Å². The first-order valence-electron chi connectivity index (χ1n) is 7.70. The van der Waals surface area contributed by atoms with Crippen LogP contribution in [0, 0.1) is 11.8 Å². The second-order valence-electron chi connectivity index (χ2n) is 6.46. The Morgan fingerprint density at radius 3 is 2.63 bits per heavy atom. The van der Waals surface area contributed by atoms with Crippen molar-refractivity contribution in [2.24, 2.45) is 11.8 Å². The van der Waals surface area contributed by atoms with Gasteiger partial charge in [0.1, 0.15) is 6.10 Å². The van der Waals surface area contributed by atoms with Crippen LogP contribution >= 0.6 is 0 Å².